The Hall–Kier alpha value is -1.83. The number of aryl methyl sites for hydroxylation is 1. The first-order chi connectivity index (χ1) is 10.1. The quantitative estimate of drug-likeness (QED) is 0.828. The van der Waals surface area contributed by atoms with Crippen LogP contribution < -0.4 is 5.32 Å². The fourth-order valence-electron chi connectivity index (χ4n) is 2.45. The van der Waals surface area contributed by atoms with Gasteiger partial charge in [-0.05, 0) is 32.4 Å². The lowest BCUT2D eigenvalue weighted by Crippen LogP contribution is -2.32. The summed E-state index contributed by atoms with van der Waals surface area (Å²) in [5.74, 6) is 5.65. The standard InChI is InChI=1S/C17H21NO3/c1-12-5-6-14(4-3-8-19)16(10-12)17(20)18-11-15-7-9-21-13(15)2/h5-6,10,13,15,19H,7-9,11H2,1-2H3,(H,18,20). The fraction of sp³-hybridized carbons (Fsp3) is 0.471. The predicted octanol–water partition coefficient (Wildman–Crippen LogP) is 1.49. The van der Waals surface area contributed by atoms with Gasteiger partial charge in [0.15, 0.2) is 0 Å². The van der Waals surface area contributed by atoms with Crippen LogP contribution in [0.4, 0.5) is 0 Å². The third kappa shape index (κ3) is 4.07. The Morgan fingerprint density at radius 2 is 2.33 bits per heavy atom. The zero-order valence-electron chi connectivity index (χ0n) is 12.5. The van der Waals surface area contributed by atoms with E-state index < -0.39 is 0 Å². The van der Waals surface area contributed by atoms with Gasteiger partial charge >= 0.3 is 0 Å². The van der Waals surface area contributed by atoms with Crippen LogP contribution in [-0.2, 0) is 4.74 Å². The molecule has 112 valence electrons. The van der Waals surface area contributed by atoms with E-state index in [9.17, 15) is 4.79 Å². The second kappa shape index (κ2) is 7.26. The molecule has 0 spiro atoms. The summed E-state index contributed by atoms with van der Waals surface area (Å²) >= 11 is 0. The van der Waals surface area contributed by atoms with Crippen molar-refractivity contribution in [1.29, 1.82) is 0 Å². The molecular weight excluding hydrogens is 266 g/mol. The lowest BCUT2D eigenvalue weighted by molar-refractivity contribution is 0.0907. The molecule has 0 aliphatic carbocycles. The minimum absolute atomic E-state index is 0.125. The van der Waals surface area contributed by atoms with Crippen LogP contribution in [0.3, 0.4) is 0 Å². The molecule has 1 aromatic carbocycles. The molecule has 2 rings (SSSR count). The fourth-order valence-corrected chi connectivity index (χ4v) is 2.45. The highest BCUT2D eigenvalue weighted by molar-refractivity contribution is 5.97. The topological polar surface area (TPSA) is 58.6 Å². The molecule has 0 radical (unpaired) electrons. The SMILES string of the molecule is Cc1ccc(C#CCO)c(C(=O)NCC2CCOC2C)c1. The van der Waals surface area contributed by atoms with E-state index in [1.54, 1.807) is 0 Å². The van der Waals surface area contributed by atoms with Crippen LogP contribution in [0.25, 0.3) is 0 Å². The molecule has 4 nitrogen and oxygen atoms in total. The number of ether oxygens (including phenoxy) is 1. The average Bonchev–Trinajstić information content (AvgIpc) is 2.88. The number of carbonyl (C=O) groups is 1. The highest BCUT2D eigenvalue weighted by atomic mass is 16.5. The monoisotopic (exact) mass is 287 g/mol. The zero-order chi connectivity index (χ0) is 15.2. The smallest absolute Gasteiger partial charge is 0.252 e. The molecule has 1 aliphatic rings. The maximum Gasteiger partial charge on any atom is 0.252 e. The van der Waals surface area contributed by atoms with Crippen molar-refractivity contribution in [3.8, 4) is 11.8 Å². The van der Waals surface area contributed by atoms with Gasteiger partial charge in [0.05, 0.1) is 11.7 Å². The molecule has 1 fully saturated rings. The molecule has 1 heterocycles. The third-order valence-corrected chi connectivity index (χ3v) is 3.78. The highest BCUT2D eigenvalue weighted by Crippen LogP contribution is 2.19. The van der Waals surface area contributed by atoms with E-state index in [1.165, 1.54) is 0 Å². The number of hydrogen-bond acceptors (Lipinski definition) is 3. The van der Waals surface area contributed by atoms with Gasteiger partial charge in [-0.3, -0.25) is 4.79 Å². The Morgan fingerprint density at radius 1 is 1.52 bits per heavy atom. The second-order valence-electron chi connectivity index (χ2n) is 5.34. The normalized spacial score (nSPS) is 20.7. The van der Waals surface area contributed by atoms with Crippen LogP contribution in [0.15, 0.2) is 18.2 Å². The molecule has 1 aromatic rings. The van der Waals surface area contributed by atoms with Gasteiger partial charge in [-0.15, -0.1) is 0 Å². The Balaban J connectivity index is 2.08. The summed E-state index contributed by atoms with van der Waals surface area (Å²) in [6.45, 7) is 5.13. The van der Waals surface area contributed by atoms with E-state index in [0.29, 0.717) is 23.6 Å². The maximum absolute atomic E-state index is 12.4. The van der Waals surface area contributed by atoms with E-state index in [2.05, 4.69) is 17.2 Å². The van der Waals surface area contributed by atoms with Crippen LogP contribution in [0.5, 0.6) is 0 Å². The van der Waals surface area contributed by atoms with E-state index in [-0.39, 0.29) is 18.6 Å². The number of carbonyl (C=O) groups excluding carboxylic acids is 1. The Bertz CT molecular complexity index is 571. The van der Waals surface area contributed by atoms with Crippen molar-refractivity contribution in [2.45, 2.75) is 26.4 Å². The Labute approximate surface area is 125 Å². The summed E-state index contributed by atoms with van der Waals surface area (Å²) in [5, 5.41) is 11.8. The molecular formula is C17H21NO3. The van der Waals surface area contributed by atoms with Crippen LogP contribution in [0.2, 0.25) is 0 Å². The summed E-state index contributed by atoms with van der Waals surface area (Å²) in [6, 6.07) is 5.55. The van der Waals surface area contributed by atoms with Crippen molar-refractivity contribution >= 4 is 5.91 Å². The van der Waals surface area contributed by atoms with Crippen molar-refractivity contribution in [2.75, 3.05) is 19.8 Å². The van der Waals surface area contributed by atoms with Crippen LogP contribution in [0, 0.1) is 24.7 Å². The van der Waals surface area contributed by atoms with Crippen molar-refractivity contribution in [1.82, 2.24) is 5.32 Å². The van der Waals surface area contributed by atoms with Crippen molar-refractivity contribution in [3.63, 3.8) is 0 Å². The van der Waals surface area contributed by atoms with Crippen molar-refractivity contribution in [3.05, 3.63) is 34.9 Å². The average molecular weight is 287 g/mol. The molecule has 1 amide bonds. The summed E-state index contributed by atoms with van der Waals surface area (Å²) in [7, 11) is 0. The molecule has 2 atom stereocenters. The van der Waals surface area contributed by atoms with Gasteiger partial charge in [-0.25, -0.2) is 0 Å². The summed E-state index contributed by atoms with van der Waals surface area (Å²) in [5.41, 5.74) is 2.21. The van der Waals surface area contributed by atoms with E-state index in [1.807, 2.05) is 32.0 Å². The number of benzene rings is 1. The largest absolute Gasteiger partial charge is 0.384 e. The van der Waals surface area contributed by atoms with Gasteiger partial charge in [0.2, 0.25) is 0 Å². The first-order valence-electron chi connectivity index (χ1n) is 7.22. The predicted molar refractivity (Wildman–Crippen MR) is 81.0 cm³/mol. The Kier molecular flexibility index (Phi) is 5.38. The van der Waals surface area contributed by atoms with Crippen LogP contribution in [-0.4, -0.2) is 36.9 Å². The van der Waals surface area contributed by atoms with Crippen molar-refractivity contribution < 1.29 is 14.6 Å². The lowest BCUT2D eigenvalue weighted by Gasteiger charge is -2.15. The number of hydrogen-bond donors (Lipinski definition) is 2. The van der Waals surface area contributed by atoms with E-state index in [4.69, 9.17) is 9.84 Å². The molecule has 0 saturated carbocycles. The minimum Gasteiger partial charge on any atom is -0.384 e. The van der Waals surface area contributed by atoms with E-state index >= 15 is 0 Å². The van der Waals surface area contributed by atoms with Gasteiger partial charge in [0, 0.05) is 24.6 Å². The number of aliphatic hydroxyl groups excluding tert-OH is 1. The van der Waals surface area contributed by atoms with E-state index in [0.717, 1.165) is 18.6 Å². The minimum atomic E-state index is -0.216. The van der Waals surface area contributed by atoms with Gasteiger partial charge < -0.3 is 15.2 Å². The summed E-state index contributed by atoms with van der Waals surface area (Å²) < 4.78 is 5.50. The summed E-state index contributed by atoms with van der Waals surface area (Å²) in [4.78, 5) is 12.4. The first-order valence-corrected chi connectivity index (χ1v) is 7.22. The molecule has 1 saturated heterocycles. The molecule has 21 heavy (non-hydrogen) atoms. The molecule has 2 unspecified atom stereocenters. The summed E-state index contributed by atoms with van der Waals surface area (Å²) in [6.07, 6.45) is 1.17. The number of nitrogens with one attached hydrogen (secondary N) is 1. The van der Waals surface area contributed by atoms with Gasteiger partial charge in [0.25, 0.3) is 5.91 Å². The zero-order valence-corrected chi connectivity index (χ0v) is 12.5. The van der Waals surface area contributed by atoms with Crippen LogP contribution in [0.1, 0.15) is 34.8 Å². The van der Waals surface area contributed by atoms with Gasteiger partial charge in [-0.1, -0.05) is 23.5 Å². The number of rotatable bonds is 3. The highest BCUT2D eigenvalue weighted by Gasteiger charge is 2.24. The molecule has 1 aliphatic heterocycles. The van der Waals surface area contributed by atoms with Gasteiger partial charge in [-0.2, -0.15) is 0 Å². The number of amides is 1. The second-order valence-corrected chi connectivity index (χ2v) is 5.34. The first kappa shape index (κ1) is 15.6. The van der Waals surface area contributed by atoms with Crippen LogP contribution >= 0.6 is 0 Å². The molecule has 0 bridgehead atoms. The van der Waals surface area contributed by atoms with Crippen molar-refractivity contribution in [2.24, 2.45) is 5.92 Å². The molecule has 2 N–H and O–H groups in total. The van der Waals surface area contributed by atoms with Gasteiger partial charge in [0.1, 0.15) is 6.61 Å². The maximum atomic E-state index is 12.4. The third-order valence-electron chi connectivity index (χ3n) is 3.78. The molecule has 0 aromatic heterocycles. The molecule has 4 heteroatoms. The Morgan fingerprint density at radius 3 is 3.00 bits per heavy atom. The lowest BCUT2D eigenvalue weighted by atomic mass is 10.0. The number of aliphatic hydroxyl groups is 1.